The molecular weight excluding hydrogens is 439 g/mol. The summed E-state index contributed by atoms with van der Waals surface area (Å²) in [5.74, 6) is 0.599. The molecule has 0 radical (unpaired) electrons. The Morgan fingerprint density at radius 3 is 2.75 bits per heavy atom. The molecule has 0 bridgehead atoms. The van der Waals surface area contributed by atoms with E-state index in [9.17, 15) is 13.2 Å². The Bertz CT molecular complexity index is 997. The van der Waals surface area contributed by atoms with Crippen LogP contribution in [0.3, 0.4) is 0 Å². The van der Waals surface area contributed by atoms with Crippen LogP contribution in [0.15, 0.2) is 57.8 Å². The van der Waals surface area contributed by atoms with Crippen molar-refractivity contribution in [3.05, 3.63) is 64.2 Å². The van der Waals surface area contributed by atoms with Gasteiger partial charge in [0, 0.05) is 35.5 Å². The molecule has 1 saturated carbocycles. The molecule has 1 atom stereocenters. The van der Waals surface area contributed by atoms with Gasteiger partial charge < -0.3 is 10.2 Å². The lowest BCUT2D eigenvalue weighted by atomic mass is 9.83. The zero-order chi connectivity index (χ0) is 22.2. The van der Waals surface area contributed by atoms with Gasteiger partial charge in [0.1, 0.15) is 18.0 Å². The third-order valence-corrected chi connectivity index (χ3v) is 7.09. The van der Waals surface area contributed by atoms with Crippen LogP contribution in [0.25, 0.3) is 0 Å². The van der Waals surface area contributed by atoms with E-state index in [4.69, 9.17) is 11.6 Å². The number of rotatable bonds is 4. The van der Waals surface area contributed by atoms with Gasteiger partial charge in [0.15, 0.2) is 0 Å². The van der Waals surface area contributed by atoms with Crippen molar-refractivity contribution < 1.29 is 13.2 Å². The first-order valence-corrected chi connectivity index (χ1v) is 11.4. The summed E-state index contributed by atoms with van der Waals surface area (Å²) in [5.41, 5.74) is 2.27. The maximum atomic E-state index is 14.2. The molecule has 0 saturated heterocycles. The molecule has 0 amide bonds. The number of alkyl halides is 2. The van der Waals surface area contributed by atoms with E-state index >= 15 is 0 Å². The highest BCUT2D eigenvalue weighted by Crippen LogP contribution is 2.40. The number of nitrogens with one attached hydrogen (secondary N) is 1. The van der Waals surface area contributed by atoms with E-state index in [-0.39, 0.29) is 24.2 Å². The number of hydrazone groups is 1. The van der Waals surface area contributed by atoms with Gasteiger partial charge in [-0.15, -0.1) is 0 Å². The summed E-state index contributed by atoms with van der Waals surface area (Å²) in [6, 6.07) is 2.71. The van der Waals surface area contributed by atoms with Gasteiger partial charge in [-0.05, 0) is 62.3 Å². The van der Waals surface area contributed by atoms with E-state index in [1.54, 1.807) is 18.6 Å². The average molecular weight is 464 g/mol. The predicted molar refractivity (Wildman–Crippen MR) is 117 cm³/mol. The van der Waals surface area contributed by atoms with Gasteiger partial charge in [-0.3, -0.25) is 4.98 Å². The minimum absolute atomic E-state index is 0.0872. The number of halogens is 4. The summed E-state index contributed by atoms with van der Waals surface area (Å²) in [6.45, 7) is 0. The third kappa shape index (κ3) is 4.00. The highest BCUT2D eigenvalue weighted by atomic mass is 35.5. The second kappa shape index (κ2) is 8.81. The molecule has 3 heterocycles. The molecule has 1 aromatic heterocycles. The highest BCUT2D eigenvalue weighted by molar-refractivity contribution is 6.29. The lowest BCUT2D eigenvalue weighted by Gasteiger charge is -2.36. The van der Waals surface area contributed by atoms with Gasteiger partial charge in [-0.2, -0.15) is 5.10 Å². The number of fused-ring (bicyclic) bond motifs is 1. The molecule has 4 aliphatic rings. The molecule has 1 unspecified atom stereocenters. The minimum Gasteiger partial charge on any atom is -0.358 e. The average Bonchev–Trinajstić information content (AvgIpc) is 3.14. The summed E-state index contributed by atoms with van der Waals surface area (Å²) < 4.78 is 41.2. The predicted octanol–water partition coefficient (Wildman–Crippen LogP) is 5.40. The molecule has 1 aromatic rings. The largest absolute Gasteiger partial charge is 0.358 e. The maximum absolute atomic E-state index is 14.2. The second-order valence-electron chi connectivity index (χ2n) is 8.68. The van der Waals surface area contributed by atoms with Gasteiger partial charge >= 0.3 is 0 Å². The summed E-state index contributed by atoms with van der Waals surface area (Å²) >= 11 is 6.23. The number of hydrogen-bond acceptors (Lipinski definition) is 5. The number of allylic oxidation sites excluding steroid dienone is 2. The van der Waals surface area contributed by atoms with E-state index in [1.807, 2.05) is 22.2 Å². The van der Waals surface area contributed by atoms with Gasteiger partial charge in [0.2, 0.25) is 6.43 Å². The van der Waals surface area contributed by atoms with E-state index < -0.39 is 12.5 Å². The van der Waals surface area contributed by atoms with Crippen molar-refractivity contribution in [1.82, 2.24) is 20.2 Å². The van der Waals surface area contributed by atoms with Crippen molar-refractivity contribution in [2.75, 3.05) is 0 Å². The van der Waals surface area contributed by atoms with E-state index in [2.05, 4.69) is 15.4 Å². The Morgan fingerprint density at radius 1 is 1.19 bits per heavy atom. The Labute approximate surface area is 190 Å². The lowest BCUT2D eigenvalue weighted by Crippen LogP contribution is -2.40. The zero-order valence-electron chi connectivity index (χ0n) is 17.5. The molecule has 2 aliphatic carbocycles. The van der Waals surface area contributed by atoms with Crippen molar-refractivity contribution in [2.45, 2.75) is 69.4 Å². The Balaban J connectivity index is 1.34. The van der Waals surface area contributed by atoms with Crippen LogP contribution in [0.5, 0.6) is 0 Å². The second-order valence-corrected chi connectivity index (χ2v) is 9.16. The van der Waals surface area contributed by atoms with Crippen LogP contribution in [0.2, 0.25) is 0 Å². The van der Waals surface area contributed by atoms with E-state index in [0.29, 0.717) is 18.5 Å². The number of hydrogen-bond donors (Lipinski definition) is 1. The van der Waals surface area contributed by atoms with Gasteiger partial charge in [0.05, 0.1) is 17.8 Å². The normalized spacial score (nSPS) is 27.6. The number of pyridine rings is 1. The van der Waals surface area contributed by atoms with Crippen molar-refractivity contribution >= 4 is 17.9 Å². The third-order valence-electron chi connectivity index (χ3n) is 6.79. The monoisotopic (exact) mass is 463 g/mol. The SMILES string of the molecule is Fc1cccnc1C1CCC(N2N=CN3C2=CNC2=C(CCC(Cl)=C2)C3CC(F)F)CC1. The first kappa shape index (κ1) is 21.4. The smallest absolute Gasteiger partial charge is 0.240 e. The van der Waals surface area contributed by atoms with Crippen molar-refractivity contribution in [3.8, 4) is 0 Å². The fourth-order valence-electron chi connectivity index (χ4n) is 5.23. The topological polar surface area (TPSA) is 43.8 Å². The maximum Gasteiger partial charge on any atom is 0.240 e. The summed E-state index contributed by atoms with van der Waals surface area (Å²) in [5, 5.41) is 10.5. The first-order chi connectivity index (χ1) is 15.5. The van der Waals surface area contributed by atoms with Crippen LogP contribution in [-0.4, -0.2) is 39.7 Å². The highest BCUT2D eigenvalue weighted by Gasteiger charge is 2.39. The fraction of sp³-hybridized carbons (Fsp3) is 0.478. The molecule has 2 aliphatic heterocycles. The lowest BCUT2D eigenvalue weighted by molar-refractivity contribution is 0.109. The standard InChI is InChI=1S/C23H25ClF3N5/c24-15-5-8-17-19(10-15)29-12-22-31(20(17)11-21(26)27)13-30-32(22)16-6-3-14(4-7-16)23-18(25)2-1-9-28-23/h1-2,9-10,12-14,16,20-21,29H,3-8,11H2. The van der Waals surface area contributed by atoms with E-state index in [1.165, 1.54) is 6.07 Å². The Morgan fingerprint density at radius 2 is 2.00 bits per heavy atom. The van der Waals surface area contributed by atoms with Crippen LogP contribution >= 0.6 is 11.6 Å². The molecule has 1 N–H and O–H groups in total. The van der Waals surface area contributed by atoms with Crippen molar-refractivity contribution in [2.24, 2.45) is 5.10 Å². The van der Waals surface area contributed by atoms with Crippen LogP contribution in [-0.2, 0) is 0 Å². The van der Waals surface area contributed by atoms with Crippen molar-refractivity contribution in [3.63, 3.8) is 0 Å². The first-order valence-electron chi connectivity index (χ1n) is 11.1. The number of aromatic nitrogens is 1. The molecule has 5 nitrogen and oxygen atoms in total. The molecule has 170 valence electrons. The molecule has 32 heavy (non-hydrogen) atoms. The molecular formula is C23H25ClF3N5. The van der Waals surface area contributed by atoms with Crippen LogP contribution in [0, 0.1) is 5.82 Å². The fourth-order valence-corrected chi connectivity index (χ4v) is 5.43. The molecule has 9 heteroatoms. The van der Waals surface area contributed by atoms with Crippen LogP contribution in [0.4, 0.5) is 13.2 Å². The van der Waals surface area contributed by atoms with Crippen molar-refractivity contribution in [1.29, 1.82) is 0 Å². The van der Waals surface area contributed by atoms with E-state index in [0.717, 1.165) is 47.8 Å². The van der Waals surface area contributed by atoms with Crippen LogP contribution in [0.1, 0.15) is 56.6 Å². The van der Waals surface area contributed by atoms with Gasteiger partial charge in [-0.25, -0.2) is 18.2 Å². The van der Waals surface area contributed by atoms with Gasteiger partial charge in [-0.1, -0.05) is 11.6 Å². The zero-order valence-corrected chi connectivity index (χ0v) is 18.3. The molecule has 5 rings (SSSR count). The van der Waals surface area contributed by atoms with Crippen LogP contribution < -0.4 is 5.32 Å². The summed E-state index contributed by atoms with van der Waals surface area (Å²) in [6.07, 6.45) is 8.82. The Kier molecular flexibility index (Phi) is 5.88. The molecule has 0 aromatic carbocycles. The molecule has 1 fully saturated rings. The summed E-state index contributed by atoms with van der Waals surface area (Å²) in [7, 11) is 0. The Hall–Kier alpha value is -2.48. The number of nitrogens with zero attached hydrogens (tertiary/aromatic N) is 4. The molecule has 0 spiro atoms. The van der Waals surface area contributed by atoms with Gasteiger partial charge in [0.25, 0.3) is 0 Å². The quantitative estimate of drug-likeness (QED) is 0.649. The summed E-state index contributed by atoms with van der Waals surface area (Å²) in [4.78, 5) is 6.11. The minimum atomic E-state index is -2.43.